The summed E-state index contributed by atoms with van der Waals surface area (Å²) < 4.78 is 18.2. The maximum absolute atomic E-state index is 13.1. The summed E-state index contributed by atoms with van der Waals surface area (Å²) in [7, 11) is 0. The third kappa shape index (κ3) is 4.77. The maximum Gasteiger partial charge on any atom is 0.282 e. The van der Waals surface area contributed by atoms with Gasteiger partial charge >= 0.3 is 0 Å². The number of hydrogen-bond donors (Lipinski definition) is 1. The second kappa shape index (κ2) is 8.00. The van der Waals surface area contributed by atoms with Crippen LogP contribution in [0.5, 0.6) is 0 Å². The summed E-state index contributed by atoms with van der Waals surface area (Å²) in [6.07, 6.45) is 2.40. The van der Waals surface area contributed by atoms with Gasteiger partial charge in [-0.1, -0.05) is 6.08 Å². The molecule has 0 aliphatic carbocycles. The summed E-state index contributed by atoms with van der Waals surface area (Å²) in [4.78, 5) is 21.8. The van der Waals surface area contributed by atoms with E-state index >= 15 is 0 Å². The molecule has 0 saturated carbocycles. The molecule has 1 rings (SSSR count). The van der Waals surface area contributed by atoms with Gasteiger partial charge in [-0.2, -0.15) is 0 Å². The summed E-state index contributed by atoms with van der Waals surface area (Å²) >= 11 is 0. The van der Waals surface area contributed by atoms with Gasteiger partial charge < -0.3 is 10.1 Å². The van der Waals surface area contributed by atoms with E-state index in [2.05, 4.69) is 11.9 Å². The van der Waals surface area contributed by atoms with E-state index in [0.29, 0.717) is 13.0 Å². The van der Waals surface area contributed by atoms with Crippen molar-refractivity contribution in [2.24, 2.45) is 0 Å². The largest absolute Gasteiger partial charge is 0.379 e. The van der Waals surface area contributed by atoms with E-state index < -0.39 is 22.3 Å². The zero-order valence-corrected chi connectivity index (χ0v) is 10.8. The number of rotatable bonds is 8. The average molecular weight is 282 g/mol. The molecule has 1 amide bonds. The Morgan fingerprint density at radius 3 is 2.90 bits per heavy atom. The zero-order valence-electron chi connectivity index (χ0n) is 10.8. The van der Waals surface area contributed by atoms with Crippen molar-refractivity contribution in [3.63, 3.8) is 0 Å². The Labute approximate surface area is 115 Å². The molecule has 1 aromatic carbocycles. The Hall–Kier alpha value is -2.28. The number of hydrogen-bond acceptors (Lipinski definition) is 4. The summed E-state index contributed by atoms with van der Waals surface area (Å²) in [5.74, 6) is -1.41. The Kier molecular flexibility index (Phi) is 6.31. The molecule has 20 heavy (non-hydrogen) atoms. The molecule has 0 fully saturated rings. The minimum absolute atomic E-state index is 0.184. The van der Waals surface area contributed by atoms with Crippen molar-refractivity contribution >= 4 is 11.6 Å². The number of carbonyl (C=O) groups is 1. The van der Waals surface area contributed by atoms with Crippen LogP contribution in [0.3, 0.4) is 0 Å². The van der Waals surface area contributed by atoms with Crippen molar-refractivity contribution in [3.05, 3.63) is 52.3 Å². The van der Waals surface area contributed by atoms with Crippen molar-refractivity contribution in [2.75, 3.05) is 19.8 Å². The Balaban J connectivity index is 2.56. The van der Waals surface area contributed by atoms with Gasteiger partial charge in [0.05, 0.1) is 18.1 Å². The predicted molar refractivity (Wildman–Crippen MR) is 71.0 cm³/mol. The van der Waals surface area contributed by atoms with Gasteiger partial charge in [0.1, 0.15) is 11.4 Å². The number of carbonyl (C=O) groups excluding carboxylic acids is 1. The molecule has 1 aromatic rings. The standard InChI is InChI=1S/C13H15FN2O4/c1-2-3-7-20-8-6-15-13(17)11-9-10(14)4-5-12(11)16(18)19/h2,4-5,9H,1,3,6-8H2,(H,15,17). The lowest BCUT2D eigenvalue weighted by atomic mass is 10.1. The minimum atomic E-state index is -0.727. The molecule has 0 heterocycles. The number of halogens is 1. The van der Waals surface area contributed by atoms with Crippen LogP contribution in [-0.4, -0.2) is 30.6 Å². The number of nitro benzene ring substituents is 1. The smallest absolute Gasteiger partial charge is 0.282 e. The minimum Gasteiger partial charge on any atom is -0.379 e. The molecule has 0 unspecified atom stereocenters. The van der Waals surface area contributed by atoms with E-state index in [1.807, 2.05) is 0 Å². The highest BCUT2D eigenvalue weighted by Gasteiger charge is 2.20. The molecular formula is C13H15FN2O4. The maximum atomic E-state index is 13.1. The van der Waals surface area contributed by atoms with E-state index in [9.17, 15) is 19.3 Å². The van der Waals surface area contributed by atoms with Crippen LogP contribution in [0, 0.1) is 15.9 Å². The Morgan fingerprint density at radius 2 is 2.25 bits per heavy atom. The molecule has 0 radical (unpaired) electrons. The number of benzene rings is 1. The third-order valence-electron chi connectivity index (χ3n) is 2.40. The van der Waals surface area contributed by atoms with E-state index in [1.165, 1.54) is 0 Å². The normalized spacial score (nSPS) is 10.1. The zero-order chi connectivity index (χ0) is 15.0. The monoisotopic (exact) mass is 282 g/mol. The van der Waals surface area contributed by atoms with Crippen LogP contribution in [0.15, 0.2) is 30.9 Å². The van der Waals surface area contributed by atoms with Gasteiger partial charge in [0.25, 0.3) is 11.6 Å². The first-order valence-corrected chi connectivity index (χ1v) is 5.97. The van der Waals surface area contributed by atoms with Gasteiger partial charge in [-0.25, -0.2) is 4.39 Å². The van der Waals surface area contributed by atoms with Crippen molar-refractivity contribution < 1.29 is 18.8 Å². The molecule has 0 spiro atoms. The Bertz CT molecular complexity index is 505. The fraction of sp³-hybridized carbons (Fsp3) is 0.308. The summed E-state index contributed by atoms with van der Waals surface area (Å²) in [6, 6.07) is 2.74. The van der Waals surface area contributed by atoms with Gasteiger partial charge in [0.15, 0.2) is 0 Å². The highest BCUT2D eigenvalue weighted by atomic mass is 19.1. The highest BCUT2D eigenvalue weighted by Crippen LogP contribution is 2.19. The molecule has 0 aromatic heterocycles. The molecule has 0 bridgehead atoms. The van der Waals surface area contributed by atoms with Gasteiger partial charge in [0, 0.05) is 12.6 Å². The number of ether oxygens (including phenoxy) is 1. The van der Waals surface area contributed by atoms with Crippen molar-refractivity contribution in [1.29, 1.82) is 0 Å². The van der Waals surface area contributed by atoms with E-state index in [4.69, 9.17) is 4.74 Å². The van der Waals surface area contributed by atoms with Crippen LogP contribution in [-0.2, 0) is 4.74 Å². The summed E-state index contributed by atoms with van der Waals surface area (Å²) in [5.41, 5.74) is -0.738. The second-order valence-electron chi connectivity index (χ2n) is 3.86. The molecule has 0 aliphatic heterocycles. The topological polar surface area (TPSA) is 81.5 Å². The molecule has 0 saturated heterocycles. The molecule has 6 nitrogen and oxygen atoms in total. The van der Waals surface area contributed by atoms with Gasteiger partial charge in [-0.15, -0.1) is 6.58 Å². The average Bonchev–Trinajstić information content (AvgIpc) is 2.42. The molecule has 0 aliphatic rings. The first-order valence-electron chi connectivity index (χ1n) is 5.97. The molecular weight excluding hydrogens is 267 g/mol. The fourth-order valence-electron chi connectivity index (χ4n) is 1.45. The number of nitrogens with one attached hydrogen (secondary N) is 1. The molecule has 108 valence electrons. The number of nitro groups is 1. The first-order chi connectivity index (χ1) is 9.56. The molecule has 0 atom stereocenters. The van der Waals surface area contributed by atoms with Crippen LogP contribution in [0.1, 0.15) is 16.8 Å². The van der Waals surface area contributed by atoms with Gasteiger partial charge in [-0.05, 0) is 18.6 Å². The highest BCUT2D eigenvalue weighted by molar-refractivity contribution is 5.98. The van der Waals surface area contributed by atoms with Crippen molar-refractivity contribution in [3.8, 4) is 0 Å². The number of amides is 1. The van der Waals surface area contributed by atoms with Crippen LogP contribution in [0.2, 0.25) is 0 Å². The number of nitrogens with zero attached hydrogens (tertiary/aromatic N) is 1. The van der Waals surface area contributed by atoms with Crippen LogP contribution >= 0.6 is 0 Å². The quantitative estimate of drug-likeness (QED) is 0.342. The second-order valence-corrected chi connectivity index (χ2v) is 3.86. The van der Waals surface area contributed by atoms with E-state index in [1.54, 1.807) is 6.08 Å². The third-order valence-corrected chi connectivity index (χ3v) is 2.40. The van der Waals surface area contributed by atoms with Crippen molar-refractivity contribution in [1.82, 2.24) is 5.32 Å². The van der Waals surface area contributed by atoms with E-state index in [0.717, 1.165) is 18.2 Å². The first kappa shape index (κ1) is 15.8. The van der Waals surface area contributed by atoms with Gasteiger partial charge in [-0.3, -0.25) is 14.9 Å². The van der Waals surface area contributed by atoms with Crippen molar-refractivity contribution in [2.45, 2.75) is 6.42 Å². The lowest BCUT2D eigenvalue weighted by Crippen LogP contribution is -2.28. The molecule has 1 N–H and O–H groups in total. The molecule has 7 heteroatoms. The van der Waals surface area contributed by atoms with Gasteiger partial charge in [0.2, 0.25) is 0 Å². The van der Waals surface area contributed by atoms with Crippen LogP contribution < -0.4 is 5.32 Å². The van der Waals surface area contributed by atoms with E-state index in [-0.39, 0.29) is 18.7 Å². The van der Waals surface area contributed by atoms with Crippen LogP contribution in [0.4, 0.5) is 10.1 Å². The predicted octanol–water partition coefficient (Wildman–Crippen LogP) is 2.06. The Morgan fingerprint density at radius 1 is 1.50 bits per heavy atom. The lowest BCUT2D eigenvalue weighted by molar-refractivity contribution is -0.385. The fourth-order valence-corrected chi connectivity index (χ4v) is 1.45. The summed E-state index contributed by atoms with van der Waals surface area (Å²) in [6.45, 7) is 4.47. The van der Waals surface area contributed by atoms with Crippen LogP contribution in [0.25, 0.3) is 0 Å². The SMILES string of the molecule is C=CCCOCCNC(=O)c1cc(F)ccc1[N+](=O)[O-]. The summed E-state index contributed by atoms with van der Waals surface area (Å²) in [5, 5.41) is 13.2. The lowest BCUT2D eigenvalue weighted by Gasteiger charge is -2.06.